The van der Waals surface area contributed by atoms with Crippen molar-refractivity contribution in [3.05, 3.63) is 33.8 Å². The first-order valence-corrected chi connectivity index (χ1v) is 6.06. The number of hydrogen-bond donors (Lipinski definition) is 0. The number of carbonyl (C=O) groups excluding carboxylic acids is 1. The van der Waals surface area contributed by atoms with Gasteiger partial charge in [-0.2, -0.15) is 0 Å². The lowest BCUT2D eigenvalue weighted by molar-refractivity contribution is -0.116. The molecule has 0 saturated heterocycles. The fourth-order valence-electron chi connectivity index (χ4n) is 2.23. The van der Waals surface area contributed by atoms with Gasteiger partial charge in [-0.05, 0) is 36.0 Å². The summed E-state index contributed by atoms with van der Waals surface area (Å²) in [6.07, 6.45) is 3.14. The lowest BCUT2D eigenvalue weighted by atomic mass is 9.78. The first-order valence-electron chi connectivity index (χ1n) is 5.27. The highest BCUT2D eigenvalue weighted by atomic mass is 79.9. The van der Waals surface area contributed by atoms with Crippen LogP contribution in [0, 0.1) is 11.3 Å². The van der Waals surface area contributed by atoms with Crippen LogP contribution < -0.4 is 0 Å². The quantitative estimate of drug-likeness (QED) is 0.751. The van der Waals surface area contributed by atoms with Crippen molar-refractivity contribution in [1.29, 1.82) is 0 Å². The van der Waals surface area contributed by atoms with Crippen molar-refractivity contribution in [2.45, 2.75) is 26.7 Å². The summed E-state index contributed by atoms with van der Waals surface area (Å²) in [4.78, 5) is 11.0. The van der Waals surface area contributed by atoms with E-state index in [4.69, 9.17) is 0 Å². The van der Waals surface area contributed by atoms with Crippen LogP contribution >= 0.6 is 15.9 Å². The Labute approximate surface area is 99.0 Å². The topological polar surface area (TPSA) is 17.1 Å². The molecule has 1 aliphatic rings. The Kier molecular flexibility index (Phi) is 2.72. The summed E-state index contributed by atoms with van der Waals surface area (Å²) >= 11 is 3.58. The molecule has 1 atom stereocenters. The Balaban J connectivity index is 2.30. The molecule has 0 aromatic heterocycles. The monoisotopic (exact) mass is 266 g/mol. The minimum atomic E-state index is -0.210. The highest BCUT2D eigenvalue weighted by molar-refractivity contribution is 9.10. The summed E-state index contributed by atoms with van der Waals surface area (Å²) in [5, 5.41) is 0. The summed E-state index contributed by atoms with van der Waals surface area (Å²) in [6.45, 7) is 4.06. The van der Waals surface area contributed by atoms with Crippen molar-refractivity contribution >= 4 is 22.2 Å². The highest BCUT2D eigenvalue weighted by Crippen LogP contribution is 2.39. The van der Waals surface area contributed by atoms with Crippen molar-refractivity contribution in [1.82, 2.24) is 0 Å². The molecule has 2 heteroatoms. The van der Waals surface area contributed by atoms with E-state index in [2.05, 4.69) is 34.1 Å². The predicted molar refractivity (Wildman–Crippen MR) is 64.9 cm³/mol. The molecular formula is C13H15BrO. The van der Waals surface area contributed by atoms with Crippen LogP contribution in [0.2, 0.25) is 0 Å². The molecule has 0 saturated carbocycles. The molecule has 0 fully saturated rings. The van der Waals surface area contributed by atoms with Gasteiger partial charge in [0.1, 0.15) is 6.29 Å². The molecule has 1 nitrogen and oxygen atoms in total. The van der Waals surface area contributed by atoms with Gasteiger partial charge in [0.25, 0.3) is 0 Å². The average molecular weight is 267 g/mol. The summed E-state index contributed by atoms with van der Waals surface area (Å²) in [5.41, 5.74) is 2.57. The molecule has 1 unspecified atom stereocenters. The fraction of sp³-hybridized carbons (Fsp3) is 0.462. The Morgan fingerprint density at radius 2 is 2.13 bits per heavy atom. The molecule has 0 radical (unpaired) electrons. The Morgan fingerprint density at radius 3 is 2.73 bits per heavy atom. The van der Waals surface area contributed by atoms with Crippen LogP contribution in [0.15, 0.2) is 22.7 Å². The molecule has 0 amide bonds. The lowest BCUT2D eigenvalue weighted by Gasteiger charge is -2.24. The number of halogens is 1. The van der Waals surface area contributed by atoms with Crippen LogP contribution in [0.1, 0.15) is 25.0 Å². The van der Waals surface area contributed by atoms with E-state index in [0.717, 1.165) is 19.1 Å². The van der Waals surface area contributed by atoms with Crippen LogP contribution in [0.4, 0.5) is 0 Å². The number of fused-ring (bicyclic) bond motifs is 1. The van der Waals surface area contributed by atoms with Gasteiger partial charge in [-0.15, -0.1) is 0 Å². The maximum absolute atomic E-state index is 11.0. The molecule has 1 aliphatic carbocycles. The van der Waals surface area contributed by atoms with Crippen molar-refractivity contribution in [2.24, 2.45) is 11.3 Å². The van der Waals surface area contributed by atoms with E-state index in [-0.39, 0.29) is 5.41 Å². The predicted octanol–water partition coefficient (Wildman–Crippen LogP) is 3.39. The molecule has 2 rings (SSSR count). The maximum atomic E-state index is 11.0. The van der Waals surface area contributed by atoms with E-state index >= 15 is 0 Å². The van der Waals surface area contributed by atoms with E-state index in [1.54, 1.807) is 0 Å². The second-order valence-electron chi connectivity index (χ2n) is 4.92. The van der Waals surface area contributed by atoms with Crippen LogP contribution in [-0.4, -0.2) is 6.29 Å². The number of benzene rings is 1. The first kappa shape index (κ1) is 10.9. The number of aldehydes is 1. The molecule has 0 spiro atoms. The van der Waals surface area contributed by atoms with Gasteiger partial charge in [0, 0.05) is 9.89 Å². The number of carbonyl (C=O) groups is 1. The third kappa shape index (κ3) is 1.87. The second kappa shape index (κ2) is 3.75. The van der Waals surface area contributed by atoms with E-state index in [1.807, 2.05) is 13.8 Å². The maximum Gasteiger partial charge on any atom is 0.125 e. The van der Waals surface area contributed by atoms with Gasteiger partial charge >= 0.3 is 0 Å². The standard InChI is InChI=1S/C13H15BrO/c1-13(2,8-15)10-6-9-4-3-5-12(14)11(9)7-10/h3-5,8,10H,6-7H2,1-2H3. The molecule has 0 aliphatic heterocycles. The minimum Gasteiger partial charge on any atom is -0.303 e. The molecule has 1 aromatic carbocycles. The van der Waals surface area contributed by atoms with Crippen LogP contribution in [0.3, 0.4) is 0 Å². The lowest BCUT2D eigenvalue weighted by Crippen LogP contribution is -2.25. The highest BCUT2D eigenvalue weighted by Gasteiger charge is 2.34. The fourth-order valence-corrected chi connectivity index (χ4v) is 2.80. The normalized spacial score (nSPS) is 20.1. The summed E-state index contributed by atoms with van der Waals surface area (Å²) in [6, 6.07) is 6.31. The second-order valence-corrected chi connectivity index (χ2v) is 5.78. The average Bonchev–Trinajstić information content (AvgIpc) is 2.64. The van der Waals surface area contributed by atoms with Gasteiger partial charge in [0.05, 0.1) is 0 Å². The Bertz CT molecular complexity index is 396. The van der Waals surface area contributed by atoms with E-state index < -0.39 is 0 Å². The van der Waals surface area contributed by atoms with Gasteiger partial charge in [0.15, 0.2) is 0 Å². The van der Waals surface area contributed by atoms with Gasteiger partial charge in [-0.3, -0.25) is 0 Å². The number of rotatable bonds is 2. The van der Waals surface area contributed by atoms with Crippen molar-refractivity contribution in [2.75, 3.05) is 0 Å². The number of hydrogen-bond acceptors (Lipinski definition) is 1. The molecule has 0 N–H and O–H groups in total. The van der Waals surface area contributed by atoms with Crippen molar-refractivity contribution in [3.8, 4) is 0 Å². The van der Waals surface area contributed by atoms with Crippen LogP contribution in [0.25, 0.3) is 0 Å². The van der Waals surface area contributed by atoms with Gasteiger partial charge in [-0.1, -0.05) is 41.9 Å². The Morgan fingerprint density at radius 1 is 1.40 bits per heavy atom. The largest absolute Gasteiger partial charge is 0.303 e. The van der Waals surface area contributed by atoms with E-state index in [0.29, 0.717) is 5.92 Å². The molecule has 0 heterocycles. The SMILES string of the molecule is CC(C)(C=O)C1Cc2cccc(Br)c2C1. The minimum absolute atomic E-state index is 0.210. The zero-order chi connectivity index (χ0) is 11.1. The van der Waals surface area contributed by atoms with Crippen LogP contribution in [-0.2, 0) is 17.6 Å². The van der Waals surface area contributed by atoms with Crippen LogP contribution in [0.5, 0.6) is 0 Å². The summed E-state index contributed by atoms with van der Waals surface area (Å²) in [7, 11) is 0. The van der Waals surface area contributed by atoms with Crippen molar-refractivity contribution in [3.63, 3.8) is 0 Å². The third-order valence-corrected chi connectivity index (χ3v) is 4.23. The smallest absolute Gasteiger partial charge is 0.125 e. The van der Waals surface area contributed by atoms with Gasteiger partial charge in [-0.25, -0.2) is 0 Å². The molecule has 80 valence electrons. The third-order valence-electron chi connectivity index (χ3n) is 3.49. The molecule has 1 aromatic rings. The molecule has 0 bridgehead atoms. The van der Waals surface area contributed by atoms with Crippen molar-refractivity contribution < 1.29 is 4.79 Å². The zero-order valence-electron chi connectivity index (χ0n) is 9.09. The van der Waals surface area contributed by atoms with E-state index in [1.165, 1.54) is 15.6 Å². The van der Waals surface area contributed by atoms with Gasteiger partial charge < -0.3 is 4.79 Å². The van der Waals surface area contributed by atoms with Gasteiger partial charge in [0.2, 0.25) is 0 Å². The molecule has 15 heavy (non-hydrogen) atoms. The Hall–Kier alpha value is -0.630. The van der Waals surface area contributed by atoms with E-state index in [9.17, 15) is 4.79 Å². The summed E-state index contributed by atoms with van der Waals surface area (Å²) < 4.78 is 1.18. The zero-order valence-corrected chi connectivity index (χ0v) is 10.7. The first-order chi connectivity index (χ1) is 7.04. The summed E-state index contributed by atoms with van der Waals surface area (Å²) in [5.74, 6) is 0.448. The molecular weight excluding hydrogens is 252 g/mol.